The van der Waals surface area contributed by atoms with E-state index in [1.807, 2.05) is 30.0 Å². The van der Waals surface area contributed by atoms with E-state index in [-0.39, 0.29) is 30.0 Å². The molecule has 0 bridgehead atoms. The SMILES string of the molecule is Cc1c(NC(=O)c2ccco2)cccc1C(=O)N1CCC2(CCNCC2)CC1.Cl. The number of benzene rings is 1. The molecular formula is C22H28ClN3O3. The van der Waals surface area contributed by atoms with E-state index >= 15 is 0 Å². The summed E-state index contributed by atoms with van der Waals surface area (Å²) in [5.41, 5.74) is 2.49. The van der Waals surface area contributed by atoms with E-state index in [2.05, 4.69) is 10.6 Å². The molecule has 2 N–H and O–H groups in total. The summed E-state index contributed by atoms with van der Waals surface area (Å²) < 4.78 is 5.14. The lowest BCUT2D eigenvalue weighted by molar-refractivity contribution is 0.0495. The third-order valence-electron chi connectivity index (χ3n) is 6.33. The van der Waals surface area contributed by atoms with Crippen molar-refractivity contribution >= 4 is 29.9 Å². The number of hydrogen-bond donors (Lipinski definition) is 2. The summed E-state index contributed by atoms with van der Waals surface area (Å²) in [7, 11) is 0. The van der Waals surface area contributed by atoms with Crippen LogP contribution in [0.2, 0.25) is 0 Å². The van der Waals surface area contributed by atoms with Crippen molar-refractivity contribution in [2.24, 2.45) is 5.41 Å². The van der Waals surface area contributed by atoms with Crippen LogP contribution in [-0.2, 0) is 0 Å². The van der Waals surface area contributed by atoms with Gasteiger partial charge in [0.25, 0.3) is 11.8 Å². The predicted octanol–water partition coefficient (Wildman–Crippen LogP) is 3.87. The monoisotopic (exact) mass is 417 g/mol. The summed E-state index contributed by atoms with van der Waals surface area (Å²) in [5, 5.41) is 6.28. The molecule has 0 radical (unpaired) electrons. The van der Waals surface area contributed by atoms with Crippen LogP contribution in [0.3, 0.4) is 0 Å². The molecule has 2 aliphatic heterocycles. The summed E-state index contributed by atoms with van der Waals surface area (Å²) in [6.07, 6.45) is 6.04. The fourth-order valence-electron chi connectivity index (χ4n) is 4.41. The largest absolute Gasteiger partial charge is 0.459 e. The molecular weight excluding hydrogens is 390 g/mol. The third kappa shape index (κ3) is 4.49. The van der Waals surface area contributed by atoms with Gasteiger partial charge in [-0.2, -0.15) is 0 Å². The minimum atomic E-state index is -0.316. The van der Waals surface area contributed by atoms with Gasteiger partial charge in [0.1, 0.15) is 0 Å². The minimum Gasteiger partial charge on any atom is -0.459 e. The highest BCUT2D eigenvalue weighted by Gasteiger charge is 2.37. The van der Waals surface area contributed by atoms with Crippen LogP contribution in [0.1, 0.15) is 52.2 Å². The van der Waals surface area contributed by atoms with Crippen LogP contribution < -0.4 is 10.6 Å². The molecule has 1 spiro atoms. The van der Waals surface area contributed by atoms with Gasteiger partial charge in [-0.15, -0.1) is 12.4 Å². The van der Waals surface area contributed by atoms with Gasteiger partial charge in [0.05, 0.1) is 6.26 Å². The molecule has 1 aromatic carbocycles. The van der Waals surface area contributed by atoms with Gasteiger partial charge in [0.2, 0.25) is 0 Å². The highest BCUT2D eigenvalue weighted by Crippen LogP contribution is 2.39. The molecule has 29 heavy (non-hydrogen) atoms. The first-order valence-corrected chi connectivity index (χ1v) is 10.0. The number of nitrogens with one attached hydrogen (secondary N) is 2. The third-order valence-corrected chi connectivity index (χ3v) is 6.33. The van der Waals surface area contributed by atoms with Gasteiger partial charge in [-0.3, -0.25) is 9.59 Å². The Hall–Kier alpha value is -2.31. The Morgan fingerprint density at radius 2 is 1.79 bits per heavy atom. The number of halogens is 1. The quantitative estimate of drug-likeness (QED) is 0.795. The molecule has 0 atom stereocenters. The van der Waals surface area contributed by atoms with Gasteiger partial charge in [0.15, 0.2) is 5.76 Å². The first-order valence-electron chi connectivity index (χ1n) is 10.0. The summed E-state index contributed by atoms with van der Waals surface area (Å²) in [6, 6.07) is 8.76. The van der Waals surface area contributed by atoms with E-state index in [1.165, 1.54) is 19.1 Å². The van der Waals surface area contributed by atoms with Crippen LogP contribution in [0.4, 0.5) is 5.69 Å². The lowest BCUT2D eigenvalue weighted by Crippen LogP contribution is -2.47. The maximum absolute atomic E-state index is 13.1. The van der Waals surface area contributed by atoms with Crippen molar-refractivity contribution in [1.82, 2.24) is 10.2 Å². The van der Waals surface area contributed by atoms with Crippen molar-refractivity contribution in [3.8, 4) is 0 Å². The van der Waals surface area contributed by atoms with Crippen LogP contribution in [0.25, 0.3) is 0 Å². The van der Waals surface area contributed by atoms with E-state index in [4.69, 9.17) is 4.42 Å². The van der Waals surface area contributed by atoms with Crippen molar-refractivity contribution in [2.75, 3.05) is 31.5 Å². The molecule has 7 heteroatoms. The van der Waals surface area contributed by atoms with Crippen molar-refractivity contribution in [3.63, 3.8) is 0 Å². The molecule has 4 rings (SSSR count). The maximum Gasteiger partial charge on any atom is 0.291 e. The average molecular weight is 418 g/mol. The van der Waals surface area contributed by atoms with Crippen LogP contribution in [0, 0.1) is 12.3 Å². The van der Waals surface area contributed by atoms with E-state index in [0.717, 1.165) is 44.6 Å². The van der Waals surface area contributed by atoms with Gasteiger partial charge >= 0.3 is 0 Å². The molecule has 2 amide bonds. The Bertz CT molecular complexity index is 850. The maximum atomic E-state index is 13.1. The van der Waals surface area contributed by atoms with Crippen molar-refractivity contribution in [3.05, 3.63) is 53.5 Å². The number of nitrogens with zero attached hydrogens (tertiary/aromatic N) is 1. The van der Waals surface area contributed by atoms with E-state index in [9.17, 15) is 9.59 Å². The molecule has 0 saturated carbocycles. The highest BCUT2D eigenvalue weighted by molar-refractivity contribution is 6.04. The van der Waals surface area contributed by atoms with Crippen LogP contribution in [0.15, 0.2) is 41.0 Å². The lowest BCUT2D eigenvalue weighted by Gasteiger charge is -2.44. The van der Waals surface area contributed by atoms with Gasteiger partial charge in [0, 0.05) is 24.3 Å². The van der Waals surface area contributed by atoms with Crippen LogP contribution in [-0.4, -0.2) is 42.9 Å². The second kappa shape index (κ2) is 9.01. The second-order valence-electron chi connectivity index (χ2n) is 7.95. The molecule has 1 aromatic heterocycles. The van der Waals surface area contributed by atoms with Crippen molar-refractivity contribution < 1.29 is 14.0 Å². The smallest absolute Gasteiger partial charge is 0.291 e. The lowest BCUT2D eigenvalue weighted by atomic mass is 9.71. The Balaban J connectivity index is 0.00000240. The number of carbonyl (C=O) groups excluding carboxylic acids is 2. The number of anilines is 1. The zero-order valence-electron chi connectivity index (χ0n) is 16.7. The first-order chi connectivity index (χ1) is 13.6. The molecule has 2 fully saturated rings. The molecule has 0 aliphatic carbocycles. The van der Waals surface area contributed by atoms with Crippen molar-refractivity contribution in [1.29, 1.82) is 0 Å². The molecule has 156 valence electrons. The molecule has 2 saturated heterocycles. The summed E-state index contributed by atoms with van der Waals surface area (Å²) in [5.74, 6) is -0.0154. The topological polar surface area (TPSA) is 74.6 Å². The summed E-state index contributed by atoms with van der Waals surface area (Å²) in [6.45, 7) is 5.67. The Labute approximate surface area is 177 Å². The number of carbonyl (C=O) groups is 2. The molecule has 6 nitrogen and oxygen atoms in total. The normalized spacial score (nSPS) is 18.2. The number of furan rings is 1. The zero-order valence-corrected chi connectivity index (χ0v) is 17.5. The number of hydrogen-bond acceptors (Lipinski definition) is 4. The minimum absolute atomic E-state index is 0. The first kappa shape index (κ1) is 21.4. The summed E-state index contributed by atoms with van der Waals surface area (Å²) in [4.78, 5) is 27.4. The second-order valence-corrected chi connectivity index (χ2v) is 7.95. The van der Waals surface area contributed by atoms with E-state index < -0.39 is 0 Å². The summed E-state index contributed by atoms with van der Waals surface area (Å²) >= 11 is 0. The van der Waals surface area contributed by atoms with Crippen LogP contribution >= 0.6 is 12.4 Å². The zero-order chi connectivity index (χ0) is 19.6. The molecule has 2 aliphatic rings. The van der Waals surface area contributed by atoms with Gasteiger partial charge < -0.3 is 20.0 Å². The Morgan fingerprint density at radius 3 is 2.45 bits per heavy atom. The molecule has 0 unspecified atom stereocenters. The Kier molecular flexibility index (Phi) is 6.65. The average Bonchev–Trinajstić information content (AvgIpc) is 3.25. The van der Waals surface area contributed by atoms with E-state index in [1.54, 1.807) is 12.1 Å². The number of piperidine rings is 2. The van der Waals surface area contributed by atoms with Gasteiger partial charge in [-0.05, 0) is 80.9 Å². The number of amides is 2. The van der Waals surface area contributed by atoms with E-state index in [0.29, 0.717) is 16.7 Å². The highest BCUT2D eigenvalue weighted by atomic mass is 35.5. The standard InChI is InChI=1S/C22H27N3O3.ClH/c1-16-17(4-2-5-18(16)24-20(26)19-6-3-15-28-19)21(27)25-13-9-22(10-14-25)7-11-23-12-8-22;/h2-6,15,23H,7-14H2,1H3,(H,24,26);1H. The molecule has 2 aromatic rings. The fourth-order valence-corrected chi connectivity index (χ4v) is 4.41. The number of rotatable bonds is 3. The number of likely N-dealkylation sites (tertiary alicyclic amines) is 1. The van der Waals surface area contributed by atoms with Gasteiger partial charge in [-0.25, -0.2) is 0 Å². The van der Waals surface area contributed by atoms with Gasteiger partial charge in [-0.1, -0.05) is 6.07 Å². The van der Waals surface area contributed by atoms with Crippen LogP contribution in [0.5, 0.6) is 0 Å². The Morgan fingerprint density at radius 1 is 1.07 bits per heavy atom. The fraction of sp³-hybridized carbons (Fsp3) is 0.455. The molecule has 3 heterocycles. The predicted molar refractivity (Wildman–Crippen MR) is 115 cm³/mol. The van der Waals surface area contributed by atoms with Crippen molar-refractivity contribution in [2.45, 2.75) is 32.6 Å².